The Bertz CT molecular complexity index is 1130. The first-order valence-corrected chi connectivity index (χ1v) is 9.43. The van der Waals surface area contributed by atoms with Gasteiger partial charge in [0, 0.05) is 10.0 Å². The highest BCUT2D eigenvalue weighted by molar-refractivity contribution is 9.10. The van der Waals surface area contributed by atoms with E-state index in [2.05, 4.69) is 46.3 Å². The van der Waals surface area contributed by atoms with Crippen LogP contribution < -0.4 is 4.74 Å². The fraction of sp³-hybridized carbons (Fsp3) is 0.0417. The molecule has 0 aliphatic rings. The van der Waals surface area contributed by atoms with Crippen molar-refractivity contribution in [1.29, 1.82) is 5.26 Å². The van der Waals surface area contributed by atoms with Crippen LogP contribution in [0.25, 0.3) is 21.9 Å². The number of ether oxygens (including phenoxy) is 1. The van der Waals surface area contributed by atoms with Crippen molar-refractivity contribution in [3.63, 3.8) is 0 Å². The molecule has 0 spiro atoms. The molecule has 4 aromatic carbocycles. The minimum atomic E-state index is 0.502. The SMILES string of the molecule is N#Cc1ccc(-c2ccc(OCc3ccc4ccccc4c3Br)cc2)cc1. The highest BCUT2D eigenvalue weighted by Gasteiger charge is 2.06. The normalized spacial score (nSPS) is 10.5. The molecule has 0 aliphatic carbocycles. The number of nitriles is 1. The van der Waals surface area contributed by atoms with E-state index in [-0.39, 0.29) is 0 Å². The van der Waals surface area contributed by atoms with E-state index in [4.69, 9.17) is 10.00 Å². The van der Waals surface area contributed by atoms with Gasteiger partial charge < -0.3 is 4.74 Å². The number of nitrogens with zero attached hydrogens (tertiary/aromatic N) is 1. The zero-order valence-corrected chi connectivity index (χ0v) is 16.1. The zero-order chi connectivity index (χ0) is 18.6. The van der Waals surface area contributed by atoms with E-state index < -0.39 is 0 Å². The van der Waals surface area contributed by atoms with Gasteiger partial charge in [-0.25, -0.2) is 0 Å². The lowest BCUT2D eigenvalue weighted by molar-refractivity contribution is 0.305. The second kappa shape index (κ2) is 7.65. The first-order chi connectivity index (χ1) is 13.2. The van der Waals surface area contributed by atoms with Crippen molar-refractivity contribution < 1.29 is 4.74 Å². The molecule has 0 radical (unpaired) electrons. The second-order valence-corrected chi connectivity index (χ2v) is 7.06. The molecule has 2 nitrogen and oxygen atoms in total. The van der Waals surface area contributed by atoms with Crippen molar-refractivity contribution in [1.82, 2.24) is 0 Å². The van der Waals surface area contributed by atoms with Crippen molar-refractivity contribution in [2.75, 3.05) is 0 Å². The average Bonchev–Trinajstić information content (AvgIpc) is 2.74. The standard InChI is InChI=1S/C24H16BrNO/c25-24-21(10-9-20-3-1-2-4-23(20)24)16-27-22-13-11-19(12-14-22)18-7-5-17(15-26)6-8-18/h1-14H,16H2. The summed E-state index contributed by atoms with van der Waals surface area (Å²) in [5.41, 5.74) is 3.96. The van der Waals surface area contributed by atoms with Gasteiger partial charge in [-0.1, -0.05) is 60.7 Å². The molecule has 0 unspecified atom stereocenters. The minimum Gasteiger partial charge on any atom is -0.489 e. The van der Waals surface area contributed by atoms with Crippen LogP contribution in [-0.2, 0) is 6.61 Å². The third-order valence-corrected chi connectivity index (χ3v) is 5.48. The van der Waals surface area contributed by atoms with Crippen molar-refractivity contribution in [2.45, 2.75) is 6.61 Å². The highest BCUT2D eigenvalue weighted by atomic mass is 79.9. The van der Waals surface area contributed by atoms with Gasteiger partial charge in [-0.15, -0.1) is 0 Å². The molecule has 0 bridgehead atoms. The number of rotatable bonds is 4. The summed E-state index contributed by atoms with van der Waals surface area (Å²) in [6, 6.07) is 30.2. The van der Waals surface area contributed by atoms with Gasteiger partial charge in [0.05, 0.1) is 11.6 Å². The van der Waals surface area contributed by atoms with E-state index in [1.54, 1.807) is 0 Å². The monoisotopic (exact) mass is 413 g/mol. The summed E-state index contributed by atoms with van der Waals surface area (Å²) in [5, 5.41) is 11.3. The van der Waals surface area contributed by atoms with Crippen LogP contribution in [0.4, 0.5) is 0 Å². The molecule has 3 heteroatoms. The molecule has 0 N–H and O–H groups in total. The largest absolute Gasteiger partial charge is 0.489 e. The molecule has 27 heavy (non-hydrogen) atoms. The predicted octanol–water partition coefficient (Wildman–Crippen LogP) is 6.72. The quantitative estimate of drug-likeness (QED) is 0.371. The van der Waals surface area contributed by atoms with Crippen LogP contribution in [0.1, 0.15) is 11.1 Å². The third-order valence-electron chi connectivity index (χ3n) is 4.54. The first kappa shape index (κ1) is 17.3. The lowest BCUT2D eigenvalue weighted by atomic mass is 10.0. The molecule has 0 aliphatic heterocycles. The van der Waals surface area contributed by atoms with Gasteiger partial charge in [-0.3, -0.25) is 0 Å². The second-order valence-electron chi connectivity index (χ2n) is 6.26. The third kappa shape index (κ3) is 3.72. The summed E-state index contributed by atoms with van der Waals surface area (Å²) >= 11 is 3.71. The summed E-state index contributed by atoms with van der Waals surface area (Å²) in [4.78, 5) is 0. The molecule has 4 aromatic rings. The minimum absolute atomic E-state index is 0.502. The lowest BCUT2D eigenvalue weighted by Crippen LogP contribution is -1.97. The van der Waals surface area contributed by atoms with Gasteiger partial charge in [0.1, 0.15) is 12.4 Å². The van der Waals surface area contributed by atoms with Crippen LogP contribution in [0.15, 0.2) is 89.4 Å². The molecular weight excluding hydrogens is 398 g/mol. The maximum Gasteiger partial charge on any atom is 0.119 e. The van der Waals surface area contributed by atoms with Gasteiger partial charge >= 0.3 is 0 Å². The highest BCUT2D eigenvalue weighted by Crippen LogP contribution is 2.29. The molecule has 0 aromatic heterocycles. The Morgan fingerprint density at radius 1 is 0.778 bits per heavy atom. The van der Waals surface area contributed by atoms with E-state index in [0.717, 1.165) is 26.9 Å². The van der Waals surface area contributed by atoms with E-state index in [1.807, 2.05) is 60.7 Å². The Morgan fingerprint density at radius 2 is 1.44 bits per heavy atom. The Labute approximate surface area is 166 Å². The first-order valence-electron chi connectivity index (χ1n) is 8.64. The fourth-order valence-electron chi connectivity index (χ4n) is 3.03. The van der Waals surface area contributed by atoms with Crippen molar-refractivity contribution in [3.05, 3.63) is 101 Å². The summed E-state index contributed by atoms with van der Waals surface area (Å²) in [6.07, 6.45) is 0. The summed E-state index contributed by atoms with van der Waals surface area (Å²) in [7, 11) is 0. The molecule has 0 fully saturated rings. The van der Waals surface area contributed by atoms with E-state index in [9.17, 15) is 0 Å². The van der Waals surface area contributed by atoms with Crippen molar-refractivity contribution in [3.8, 4) is 22.9 Å². The summed E-state index contributed by atoms with van der Waals surface area (Å²) in [5.74, 6) is 0.826. The molecule has 130 valence electrons. The molecule has 0 amide bonds. The smallest absolute Gasteiger partial charge is 0.119 e. The average molecular weight is 414 g/mol. The van der Waals surface area contributed by atoms with Crippen LogP contribution in [-0.4, -0.2) is 0 Å². The molecule has 0 saturated carbocycles. The summed E-state index contributed by atoms with van der Waals surface area (Å²) in [6.45, 7) is 0.502. The number of hydrogen-bond acceptors (Lipinski definition) is 2. The Kier molecular flexibility index (Phi) is 4.91. The molecular formula is C24H16BrNO. The Morgan fingerprint density at radius 3 is 2.15 bits per heavy atom. The van der Waals surface area contributed by atoms with Crippen LogP contribution in [0, 0.1) is 11.3 Å². The topological polar surface area (TPSA) is 33.0 Å². The molecule has 4 rings (SSSR count). The van der Waals surface area contributed by atoms with Crippen LogP contribution in [0.5, 0.6) is 5.75 Å². The fourth-order valence-corrected chi connectivity index (χ4v) is 3.64. The van der Waals surface area contributed by atoms with Gasteiger partial charge in [-0.05, 0) is 62.1 Å². The van der Waals surface area contributed by atoms with Gasteiger partial charge in [0.15, 0.2) is 0 Å². The number of hydrogen-bond donors (Lipinski definition) is 0. The maximum atomic E-state index is 8.90. The van der Waals surface area contributed by atoms with Crippen LogP contribution in [0.2, 0.25) is 0 Å². The lowest BCUT2D eigenvalue weighted by Gasteiger charge is -2.11. The van der Waals surface area contributed by atoms with E-state index >= 15 is 0 Å². The Balaban J connectivity index is 1.49. The van der Waals surface area contributed by atoms with Gasteiger partial charge in [0.2, 0.25) is 0 Å². The zero-order valence-electron chi connectivity index (χ0n) is 14.5. The number of fused-ring (bicyclic) bond motifs is 1. The van der Waals surface area contributed by atoms with Crippen LogP contribution in [0.3, 0.4) is 0 Å². The van der Waals surface area contributed by atoms with E-state index in [1.165, 1.54) is 10.8 Å². The molecule has 0 atom stereocenters. The number of benzene rings is 4. The summed E-state index contributed by atoms with van der Waals surface area (Å²) < 4.78 is 7.05. The Hall–Kier alpha value is -3.09. The van der Waals surface area contributed by atoms with Gasteiger partial charge in [0.25, 0.3) is 0 Å². The van der Waals surface area contributed by atoms with Crippen molar-refractivity contribution in [2.24, 2.45) is 0 Å². The molecule has 0 saturated heterocycles. The molecule has 0 heterocycles. The van der Waals surface area contributed by atoms with Gasteiger partial charge in [-0.2, -0.15) is 5.26 Å². The van der Waals surface area contributed by atoms with Crippen LogP contribution >= 0.6 is 15.9 Å². The van der Waals surface area contributed by atoms with E-state index in [0.29, 0.717) is 12.2 Å². The maximum absolute atomic E-state index is 8.90. The van der Waals surface area contributed by atoms with Crippen molar-refractivity contribution >= 4 is 26.7 Å². The predicted molar refractivity (Wildman–Crippen MR) is 113 cm³/mol. The number of halogens is 1.